The number of para-hydroxylation sites is 1. The maximum absolute atomic E-state index is 9.60. The van der Waals surface area contributed by atoms with Crippen molar-refractivity contribution in [3.05, 3.63) is 47.5 Å². The zero-order chi connectivity index (χ0) is 16.8. The number of hydrogen-bond acceptors (Lipinski definition) is 5. The predicted molar refractivity (Wildman–Crippen MR) is 94.5 cm³/mol. The van der Waals surface area contributed by atoms with Gasteiger partial charge in [-0.2, -0.15) is 5.10 Å². The van der Waals surface area contributed by atoms with Gasteiger partial charge in [0.1, 0.15) is 0 Å². The Labute approximate surface area is 139 Å². The molecule has 23 heavy (non-hydrogen) atoms. The molecule has 4 N–H and O–H groups in total. The Morgan fingerprint density at radius 2 is 2.00 bits per heavy atom. The number of hydrogen-bond donors (Lipinski definition) is 4. The van der Waals surface area contributed by atoms with Crippen LogP contribution < -0.4 is 15.5 Å². The van der Waals surface area contributed by atoms with Gasteiger partial charge in [0.2, 0.25) is 5.75 Å². The van der Waals surface area contributed by atoms with Crippen molar-refractivity contribution in [2.45, 2.75) is 6.92 Å². The maximum Gasteiger partial charge on any atom is 0.200 e. The van der Waals surface area contributed by atoms with Gasteiger partial charge in [0, 0.05) is 11.3 Å². The van der Waals surface area contributed by atoms with Gasteiger partial charge in [-0.1, -0.05) is 18.2 Å². The van der Waals surface area contributed by atoms with Crippen molar-refractivity contribution in [1.29, 1.82) is 0 Å². The van der Waals surface area contributed by atoms with Crippen molar-refractivity contribution in [3.8, 4) is 17.2 Å². The van der Waals surface area contributed by atoms with E-state index >= 15 is 0 Å². The lowest BCUT2D eigenvalue weighted by Gasteiger charge is -2.09. The summed E-state index contributed by atoms with van der Waals surface area (Å²) in [5, 5.41) is 26.5. The second-order valence-corrected chi connectivity index (χ2v) is 5.14. The Bertz CT molecular complexity index is 747. The summed E-state index contributed by atoms with van der Waals surface area (Å²) in [6, 6.07) is 10.6. The van der Waals surface area contributed by atoms with Crippen LogP contribution in [-0.2, 0) is 0 Å². The molecule has 0 aliphatic carbocycles. The standard InChI is InChI=1S/C16H17N3O3S/c1-10-5-3-4-6-12(10)18-16(23)19-17-9-11-7-13(20)15(21)14(8-11)22-2/h3-9,20-21H,1-2H3,(H2,18,19,23)/b17-9+. The summed E-state index contributed by atoms with van der Waals surface area (Å²) in [6.07, 6.45) is 1.45. The van der Waals surface area contributed by atoms with E-state index in [1.807, 2.05) is 31.2 Å². The molecular weight excluding hydrogens is 314 g/mol. The number of rotatable bonds is 4. The molecular formula is C16H17N3O3S. The molecule has 2 aromatic carbocycles. The molecule has 120 valence electrons. The minimum Gasteiger partial charge on any atom is -0.504 e. The average Bonchev–Trinajstić information content (AvgIpc) is 2.53. The van der Waals surface area contributed by atoms with Crippen LogP contribution in [0.1, 0.15) is 11.1 Å². The molecule has 6 nitrogen and oxygen atoms in total. The molecule has 0 aromatic heterocycles. The van der Waals surface area contributed by atoms with Crippen molar-refractivity contribution in [1.82, 2.24) is 5.43 Å². The molecule has 0 amide bonds. The van der Waals surface area contributed by atoms with E-state index in [9.17, 15) is 10.2 Å². The lowest BCUT2D eigenvalue weighted by molar-refractivity contribution is 0.351. The van der Waals surface area contributed by atoms with E-state index in [0.29, 0.717) is 10.7 Å². The summed E-state index contributed by atoms with van der Waals surface area (Å²) < 4.78 is 4.96. The molecule has 0 aliphatic heterocycles. The van der Waals surface area contributed by atoms with Gasteiger partial charge in [0.25, 0.3) is 0 Å². The maximum atomic E-state index is 9.60. The van der Waals surface area contributed by atoms with Crippen LogP contribution >= 0.6 is 12.2 Å². The normalized spacial score (nSPS) is 10.5. The summed E-state index contributed by atoms with van der Waals surface area (Å²) in [4.78, 5) is 0. The highest BCUT2D eigenvalue weighted by Gasteiger charge is 2.08. The second-order valence-electron chi connectivity index (χ2n) is 4.73. The van der Waals surface area contributed by atoms with E-state index in [1.54, 1.807) is 0 Å². The van der Waals surface area contributed by atoms with Crippen molar-refractivity contribution in [2.24, 2.45) is 5.10 Å². The van der Waals surface area contributed by atoms with E-state index in [-0.39, 0.29) is 17.2 Å². The third kappa shape index (κ3) is 4.33. The Hall–Kier alpha value is -2.80. The molecule has 0 saturated heterocycles. The molecule has 7 heteroatoms. The molecule has 0 unspecified atom stereocenters. The zero-order valence-corrected chi connectivity index (χ0v) is 13.5. The summed E-state index contributed by atoms with van der Waals surface area (Å²) in [7, 11) is 1.40. The molecule has 0 bridgehead atoms. The molecule has 0 atom stereocenters. The van der Waals surface area contributed by atoms with Crippen molar-refractivity contribution >= 4 is 29.2 Å². The van der Waals surface area contributed by atoms with Crippen LogP contribution in [0.15, 0.2) is 41.5 Å². The van der Waals surface area contributed by atoms with Crippen LogP contribution in [0.4, 0.5) is 5.69 Å². The van der Waals surface area contributed by atoms with E-state index in [1.165, 1.54) is 25.5 Å². The fourth-order valence-electron chi connectivity index (χ4n) is 1.87. The van der Waals surface area contributed by atoms with Gasteiger partial charge in [-0.15, -0.1) is 0 Å². The fourth-order valence-corrected chi connectivity index (χ4v) is 2.04. The number of thiocarbonyl (C=S) groups is 1. The Morgan fingerprint density at radius 1 is 1.26 bits per heavy atom. The fraction of sp³-hybridized carbons (Fsp3) is 0.125. The molecule has 0 fully saturated rings. The van der Waals surface area contributed by atoms with Crippen molar-refractivity contribution < 1.29 is 14.9 Å². The van der Waals surface area contributed by atoms with Crippen LogP contribution in [0.3, 0.4) is 0 Å². The number of nitrogens with zero attached hydrogens (tertiary/aromatic N) is 1. The monoisotopic (exact) mass is 331 g/mol. The predicted octanol–water partition coefficient (Wildman–Crippen LogP) is 2.74. The van der Waals surface area contributed by atoms with Crippen LogP contribution in [0.5, 0.6) is 17.2 Å². The summed E-state index contributed by atoms with van der Waals surface area (Å²) in [6.45, 7) is 1.97. The van der Waals surface area contributed by atoms with Crippen LogP contribution in [-0.4, -0.2) is 28.6 Å². The molecule has 0 radical (unpaired) electrons. The van der Waals surface area contributed by atoms with Gasteiger partial charge in [0.15, 0.2) is 16.6 Å². The molecule has 2 rings (SSSR count). The first-order valence-corrected chi connectivity index (χ1v) is 7.17. The number of phenols is 2. The highest BCUT2D eigenvalue weighted by Crippen LogP contribution is 2.35. The third-order valence-electron chi connectivity index (χ3n) is 3.07. The number of aryl methyl sites for hydroxylation is 1. The van der Waals surface area contributed by atoms with Crippen LogP contribution in [0, 0.1) is 6.92 Å². The van der Waals surface area contributed by atoms with Crippen LogP contribution in [0.2, 0.25) is 0 Å². The first kappa shape index (κ1) is 16.6. The summed E-state index contributed by atoms with van der Waals surface area (Å²) in [5.74, 6) is -0.437. The molecule has 0 spiro atoms. The van der Waals surface area contributed by atoms with Gasteiger partial charge >= 0.3 is 0 Å². The van der Waals surface area contributed by atoms with Gasteiger partial charge in [0.05, 0.1) is 13.3 Å². The largest absolute Gasteiger partial charge is 0.504 e. The van der Waals surface area contributed by atoms with Crippen LogP contribution in [0.25, 0.3) is 0 Å². The van der Waals surface area contributed by atoms with E-state index in [0.717, 1.165) is 11.3 Å². The van der Waals surface area contributed by atoms with Crippen molar-refractivity contribution in [3.63, 3.8) is 0 Å². The molecule has 0 heterocycles. The number of aromatic hydroxyl groups is 2. The third-order valence-corrected chi connectivity index (χ3v) is 3.26. The topological polar surface area (TPSA) is 86.1 Å². The summed E-state index contributed by atoms with van der Waals surface area (Å²) in [5.41, 5.74) is 5.18. The van der Waals surface area contributed by atoms with Gasteiger partial charge < -0.3 is 20.3 Å². The van der Waals surface area contributed by atoms with Gasteiger partial charge in [-0.3, -0.25) is 5.43 Å². The number of methoxy groups -OCH3 is 1. The number of benzene rings is 2. The minimum absolute atomic E-state index is 0.159. The lowest BCUT2D eigenvalue weighted by atomic mass is 10.2. The smallest absolute Gasteiger partial charge is 0.200 e. The van der Waals surface area contributed by atoms with Crippen molar-refractivity contribution in [2.75, 3.05) is 12.4 Å². The van der Waals surface area contributed by atoms with Gasteiger partial charge in [-0.05, 0) is 42.9 Å². The lowest BCUT2D eigenvalue weighted by Crippen LogP contribution is -2.24. The van der Waals surface area contributed by atoms with E-state index in [4.69, 9.17) is 17.0 Å². The number of anilines is 1. The highest BCUT2D eigenvalue weighted by molar-refractivity contribution is 7.80. The first-order chi connectivity index (χ1) is 11.0. The first-order valence-electron chi connectivity index (χ1n) is 6.77. The Balaban J connectivity index is 2.00. The second kappa shape index (κ2) is 7.46. The number of ether oxygens (including phenoxy) is 1. The van der Waals surface area contributed by atoms with E-state index in [2.05, 4.69) is 15.8 Å². The number of phenolic OH excluding ortho intramolecular Hbond substituents is 2. The SMILES string of the molecule is COc1cc(/C=N/NC(=S)Nc2ccccc2C)cc(O)c1O. The van der Waals surface area contributed by atoms with E-state index < -0.39 is 0 Å². The zero-order valence-electron chi connectivity index (χ0n) is 12.7. The Kier molecular flexibility index (Phi) is 5.37. The minimum atomic E-state index is -0.311. The number of nitrogens with one attached hydrogen (secondary N) is 2. The summed E-state index contributed by atoms with van der Waals surface area (Å²) >= 11 is 5.16. The average molecular weight is 331 g/mol. The molecule has 2 aromatic rings. The van der Waals surface area contributed by atoms with Gasteiger partial charge in [-0.25, -0.2) is 0 Å². The Morgan fingerprint density at radius 3 is 2.70 bits per heavy atom. The molecule has 0 aliphatic rings. The quantitative estimate of drug-likeness (QED) is 0.298. The highest BCUT2D eigenvalue weighted by atomic mass is 32.1. The number of hydrazone groups is 1. The molecule has 0 saturated carbocycles.